The highest BCUT2D eigenvalue weighted by molar-refractivity contribution is 6.01. The smallest absolute Gasteiger partial charge is 0.449 e. The summed E-state index contributed by atoms with van der Waals surface area (Å²) in [6.07, 6.45) is -3.62. The van der Waals surface area contributed by atoms with Gasteiger partial charge in [0.25, 0.3) is 0 Å². The lowest BCUT2D eigenvalue weighted by molar-refractivity contribution is -0.147. The van der Waals surface area contributed by atoms with Crippen molar-refractivity contribution in [2.45, 2.75) is 38.9 Å². The molecular formula is C14H15F3N2O2. The predicted octanol–water partition coefficient (Wildman–Crippen LogP) is 4.11. The Kier molecular flexibility index (Phi) is 3.93. The van der Waals surface area contributed by atoms with Crippen molar-refractivity contribution in [2.24, 2.45) is 0 Å². The second-order valence-electron chi connectivity index (χ2n) is 4.75. The molecule has 0 bridgehead atoms. The van der Waals surface area contributed by atoms with Crippen LogP contribution in [0.15, 0.2) is 18.2 Å². The number of fused-ring (bicyclic) bond motifs is 1. The van der Waals surface area contributed by atoms with Gasteiger partial charge < -0.3 is 9.67 Å². The molecule has 2 aromatic rings. The lowest BCUT2D eigenvalue weighted by atomic mass is 10.1. The molecule has 0 aliphatic carbocycles. The molecule has 0 amide bonds. The van der Waals surface area contributed by atoms with E-state index in [2.05, 4.69) is 4.98 Å². The summed E-state index contributed by atoms with van der Waals surface area (Å²) in [5.41, 5.74) is -0.136. The molecule has 114 valence electrons. The molecule has 1 aromatic carbocycles. The standard InChI is InChI=1S/C14H15F3N2O2/c1-3-8(4-2)19-10-7-5-6-9(12(20)21)11(10)18-13(19)14(15,16)17/h5-8H,3-4H2,1-2H3,(H,20,21). The molecule has 1 aromatic heterocycles. The lowest BCUT2D eigenvalue weighted by Crippen LogP contribution is -2.18. The summed E-state index contributed by atoms with van der Waals surface area (Å²) >= 11 is 0. The number of carboxylic acid groups (broad SMARTS) is 1. The van der Waals surface area contributed by atoms with Crippen LogP contribution in [0.4, 0.5) is 13.2 Å². The fraction of sp³-hybridized carbons (Fsp3) is 0.429. The fourth-order valence-corrected chi connectivity index (χ4v) is 2.51. The Morgan fingerprint density at radius 1 is 1.33 bits per heavy atom. The van der Waals surface area contributed by atoms with Gasteiger partial charge in [-0.15, -0.1) is 0 Å². The number of hydrogen-bond donors (Lipinski definition) is 1. The number of nitrogens with zero attached hydrogens (tertiary/aromatic N) is 2. The average molecular weight is 300 g/mol. The zero-order valence-electron chi connectivity index (χ0n) is 11.6. The number of para-hydroxylation sites is 1. The Balaban J connectivity index is 2.85. The molecule has 0 unspecified atom stereocenters. The van der Waals surface area contributed by atoms with Crippen molar-refractivity contribution >= 4 is 17.0 Å². The molecule has 7 heteroatoms. The Morgan fingerprint density at radius 2 is 1.95 bits per heavy atom. The molecule has 0 spiro atoms. The number of rotatable bonds is 4. The number of alkyl halides is 3. The van der Waals surface area contributed by atoms with E-state index in [-0.39, 0.29) is 22.6 Å². The van der Waals surface area contributed by atoms with Crippen molar-refractivity contribution in [1.82, 2.24) is 9.55 Å². The van der Waals surface area contributed by atoms with E-state index in [4.69, 9.17) is 5.11 Å². The Bertz CT molecular complexity index is 673. The van der Waals surface area contributed by atoms with Gasteiger partial charge in [-0.1, -0.05) is 19.9 Å². The minimum Gasteiger partial charge on any atom is -0.478 e. The number of carbonyl (C=O) groups is 1. The first kappa shape index (κ1) is 15.3. The lowest BCUT2D eigenvalue weighted by Gasteiger charge is -2.19. The molecule has 0 aliphatic rings. The molecule has 2 rings (SSSR count). The van der Waals surface area contributed by atoms with Gasteiger partial charge in [0.1, 0.15) is 5.52 Å². The van der Waals surface area contributed by atoms with Gasteiger partial charge in [-0.3, -0.25) is 0 Å². The van der Waals surface area contributed by atoms with Gasteiger partial charge in [0.15, 0.2) is 0 Å². The van der Waals surface area contributed by atoms with Gasteiger partial charge in [-0.25, -0.2) is 9.78 Å². The first-order valence-electron chi connectivity index (χ1n) is 6.62. The zero-order chi connectivity index (χ0) is 15.8. The molecule has 0 saturated carbocycles. The maximum atomic E-state index is 13.2. The largest absolute Gasteiger partial charge is 0.478 e. The van der Waals surface area contributed by atoms with E-state index < -0.39 is 18.0 Å². The minimum atomic E-state index is -4.63. The first-order chi connectivity index (χ1) is 9.81. The Labute approximate surface area is 119 Å². The molecule has 0 atom stereocenters. The normalized spacial score (nSPS) is 12.3. The number of imidazole rings is 1. The Hall–Kier alpha value is -2.05. The molecular weight excluding hydrogens is 285 g/mol. The van der Waals surface area contributed by atoms with Crippen molar-refractivity contribution in [3.63, 3.8) is 0 Å². The van der Waals surface area contributed by atoms with Gasteiger partial charge in [0.05, 0.1) is 11.1 Å². The van der Waals surface area contributed by atoms with Crippen LogP contribution in [0.5, 0.6) is 0 Å². The van der Waals surface area contributed by atoms with Gasteiger partial charge in [-0.05, 0) is 25.0 Å². The van der Waals surface area contributed by atoms with E-state index in [1.54, 1.807) is 13.8 Å². The maximum Gasteiger partial charge on any atom is 0.449 e. The number of aromatic nitrogens is 2. The molecule has 0 fully saturated rings. The third-order valence-corrected chi connectivity index (χ3v) is 3.51. The first-order valence-corrected chi connectivity index (χ1v) is 6.62. The number of hydrogen-bond acceptors (Lipinski definition) is 2. The highest BCUT2D eigenvalue weighted by Crippen LogP contribution is 2.36. The zero-order valence-corrected chi connectivity index (χ0v) is 11.6. The summed E-state index contributed by atoms with van der Waals surface area (Å²) in [6, 6.07) is 3.79. The highest BCUT2D eigenvalue weighted by Gasteiger charge is 2.39. The average Bonchev–Trinajstić information content (AvgIpc) is 2.79. The van der Waals surface area contributed by atoms with Crippen LogP contribution in [0.1, 0.15) is 48.9 Å². The van der Waals surface area contributed by atoms with E-state index in [1.165, 1.54) is 18.2 Å². The van der Waals surface area contributed by atoms with E-state index in [0.29, 0.717) is 12.8 Å². The summed E-state index contributed by atoms with van der Waals surface area (Å²) in [7, 11) is 0. The SMILES string of the molecule is CCC(CC)n1c(C(F)(F)F)nc2c(C(=O)O)cccc21. The van der Waals surface area contributed by atoms with Crippen LogP contribution in [0.2, 0.25) is 0 Å². The third kappa shape index (κ3) is 2.59. The highest BCUT2D eigenvalue weighted by atomic mass is 19.4. The Morgan fingerprint density at radius 3 is 2.43 bits per heavy atom. The molecule has 1 heterocycles. The van der Waals surface area contributed by atoms with Crippen LogP contribution >= 0.6 is 0 Å². The van der Waals surface area contributed by atoms with E-state index in [9.17, 15) is 18.0 Å². The summed E-state index contributed by atoms with van der Waals surface area (Å²) in [6.45, 7) is 3.59. The molecule has 21 heavy (non-hydrogen) atoms. The summed E-state index contributed by atoms with van der Waals surface area (Å²) in [4.78, 5) is 14.7. The van der Waals surface area contributed by atoms with Gasteiger partial charge >= 0.3 is 12.1 Å². The number of carboxylic acids is 1. The second kappa shape index (κ2) is 5.38. The molecule has 1 N–H and O–H groups in total. The van der Waals surface area contributed by atoms with Crippen LogP contribution in [-0.4, -0.2) is 20.6 Å². The van der Waals surface area contributed by atoms with Crippen molar-refractivity contribution in [3.05, 3.63) is 29.6 Å². The third-order valence-electron chi connectivity index (χ3n) is 3.51. The van der Waals surface area contributed by atoms with Gasteiger partial charge in [0, 0.05) is 6.04 Å². The van der Waals surface area contributed by atoms with Crippen LogP contribution < -0.4 is 0 Å². The van der Waals surface area contributed by atoms with Crippen LogP contribution in [0.3, 0.4) is 0 Å². The summed E-state index contributed by atoms with van der Waals surface area (Å²) in [5, 5.41) is 9.11. The van der Waals surface area contributed by atoms with E-state index in [1.807, 2.05) is 0 Å². The second-order valence-corrected chi connectivity index (χ2v) is 4.75. The predicted molar refractivity (Wildman–Crippen MR) is 71.3 cm³/mol. The van der Waals surface area contributed by atoms with Gasteiger partial charge in [0.2, 0.25) is 5.82 Å². The topological polar surface area (TPSA) is 55.1 Å². The minimum absolute atomic E-state index is 0.121. The molecule has 0 saturated heterocycles. The number of aromatic carboxylic acids is 1. The monoisotopic (exact) mass is 300 g/mol. The van der Waals surface area contributed by atoms with Crippen molar-refractivity contribution in [2.75, 3.05) is 0 Å². The molecule has 4 nitrogen and oxygen atoms in total. The maximum absolute atomic E-state index is 13.2. The molecule has 0 aliphatic heterocycles. The molecule has 0 radical (unpaired) electrons. The van der Waals surface area contributed by atoms with Crippen LogP contribution in [0, 0.1) is 0 Å². The number of halogens is 3. The van der Waals surface area contributed by atoms with Crippen molar-refractivity contribution in [1.29, 1.82) is 0 Å². The number of benzene rings is 1. The summed E-state index contributed by atoms with van der Waals surface area (Å²) in [5.74, 6) is -2.33. The fourth-order valence-electron chi connectivity index (χ4n) is 2.51. The summed E-state index contributed by atoms with van der Waals surface area (Å²) < 4.78 is 40.8. The van der Waals surface area contributed by atoms with E-state index in [0.717, 1.165) is 4.57 Å². The quantitative estimate of drug-likeness (QED) is 0.924. The van der Waals surface area contributed by atoms with Crippen LogP contribution in [0.25, 0.3) is 11.0 Å². The van der Waals surface area contributed by atoms with Gasteiger partial charge in [-0.2, -0.15) is 13.2 Å². The van der Waals surface area contributed by atoms with E-state index >= 15 is 0 Å². The van der Waals surface area contributed by atoms with Crippen LogP contribution in [-0.2, 0) is 6.18 Å². The van der Waals surface area contributed by atoms with Crippen molar-refractivity contribution < 1.29 is 23.1 Å². The van der Waals surface area contributed by atoms with Crippen molar-refractivity contribution in [3.8, 4) is 0 Å².